The highest BCUT2D eigenvalue weighted by molar-refractivity contribution is 7.94. The molecule has 0 bridgehead atoms. The van der Waals surface area contributed by atoms with E-state index in [0.717, 1.165) is 16.9 Å². The second-order valence-corrected chi connectivity index (χ2v) is 7.39. The van der Waals surface area contributed by atoms with Crippen molar-refractivity contribution >= 4 is 32.2 Å². The molecule has 0 amide bonds. The Morgan fingerprint density at radius 2 is 2.11 bits per heavy atom. The van der Waals surface area contributed by atoms with E-state index in [0.29, 0.717) is 12.1 Å². The maximum Gasteiger partial charge on any atom is 0.293 e. The van der Waals surface area contributed by atoms with Crippen LogP contribution >= 0.6 is 11.3 Å². The number of rotatable bonds is 2. The Morgan fingerprint density at radius 3 is 2.79 bits per heavy atom. The summed E-state index contributed by atoms with van der Waals surface area (Å²) in [5.74, 6) is 0. The molecule has 0 aliphatic carbocycles. The van der Waals surface area contributed by atoms with Gasteiger partial charge < -0.3 is 5.73 Å². The average Bonchev–Trinajstić information content (AvgIpc) is 2.92. The third kappa shape index (κ3) is 1.87. The first kappa shape index (κ1) is 12.4. The van der Waals surface area contributed by atoms with Crippen molar-refractivity contribution in [3.8, 4) is 0 Å². The Morgan fingerprint density at radius 1 is 1.37 bits per heavy atom. The first-order chi connectivity index (χ1) is 9.00. The van der Waals surface area contributed by atoms with E-state index in [-0.39, 0.29) is 15.5 Å². The SMILES string of the molecule is CC1Cc2ccccc2N1S(=O)(=O)c1nnc(N)s1. The van der Waals surface area contributed by atoms with Gasteiger partial charge in [-0.2, -0.15) is 8.42 Å². The van der Waals surface area contributed by atoms with E-state index in [1.54, 1.807) is 6.07 Å². The molecule has 1 aromatic heterocycles. The van der Waals surface area contributed by atoms with Crippen LogP contribution in [0.2, 0.25) is 0 Å². The average molecular weight is 296 g/mol. The molecule has 0 fully saturated rings. The predicted octanol–water partition coefficient (Wildman–Crippen LogP) is 1.26. The summed E-state index contributed by atoms with van der Waals surface area (Å²) in [5.41, 5.74) is 7.20. The number of benzene rings is 1. The zero-order valence-electron chi connectivity index (χ0n) is 10.1. The fraction of sp³-hybridized carbons (Fsp3) is 0.273. The van der Waals surface area contributed by atoms with Crippen LogP contribution in [0.25, 0.3) is 0 Å². The molecule has 1 aliphatic rings. The van der Waals surface area contributed by atoms with Gasteiger partial charge in [-0.1, -0.05) is 29.5 Å². The van der Waals surface area contributed by atoms with Crippen LogP contribution in [0.3, 0.4) is 0 Å². The van der Waals surface area contributed by atoms with Gasteiger partial charge in [0.2, 0.25) is 5.13 Å². The fourth-order valence-corrected chi connectivity index (χ4v) is 4.87. The van der Waals surface area contributed by atoms with Crippen molar-refractivity contribution < 1.29 is 8.42 Å². The third-order valence-corrected chi connectivity index (χ3v) is 6.07. The van der Waals surface area contributed by atoms with Gasteiger partial charge in [0.25, 0.3) is 14.4 Å². The molecule has 1 aliphatic heterocycles. The normalized spacial score (nSPS) is 18.6. The summed E-state index contributed by atoms with van der Waals surface area (Å²) in [5, 5.41) is 7.38. The van der Waals surface area contributed by atoms with Crippen LogP contribution in [0.15, 0.2) is 28.6 Å². The van der Waals surface area contributed by atoms with Crippen LogP contribution in [-0.4, -0.2) is 24.7 Å². The summed E-state index contributed by atoms with van der Waals surface area (Å²) < 4.78 is 26.5. The van der Waals surface area contributed by atoms with Gasteiger partial charge in [-0.3, -0.25) is 4.31 Å². The monoisotopic (exact) mass is 296 g/mol. The molecule has 8 heteroatoms. The molecule has 0 saturated carbocycles. The lowest BCUT2D eigenvalue weighted by molar-refractivity contribution is 0.582. The van der Waals surface area contributed by atoms with Crippen LogP contribution in [0.4, 0.5) is 10.8 Å². The smallest absolute Gasteiger partial charge is 0.293 e. The molecule has 1 aromatic carbocycles. The minimum absolute atomic E-state index is 0.0615. The minimum atomic E-state index is -3.68. The standard InChI is InChI=1S/C11H12N4O2S2/c1-7-6-8-4-2-3-5-9(8)15(7)19(16,17)11-14-13-10(12)18-11/h2-5,7H,6H2,1H3,(H2,12,13). The number of nitrogens with zero attached hydrogens (tertiary/aromatic N) is 3. The topological polar surface area (TPSA) is 89.2 Å². The van der Waals surface area contributed by atoms with Gasteiger partial charge >= 0.3 is 0 Å². The highest BCUT2D eigenvalue weighted by atomic mass is 32.2. The van der Waals surface area contributed by atoms with E-state index < -0.39 is 10.0 Å². The Labute approximate surface area is 114 Å². The van der Waals surface area contributed by atoms with Gasteiger partial charge in [-0.05, 0) is 25.0 Å². The van der Waals surface area contributed by atoms with Gasteiger partial charge in [0.05, 0.1) is 5.69 Å². The number of hydrogen-bond acceptors (Lipinski definition) is 6. The summed E-state index contributed by atoms with van der Waals surface area (Å²) in [6.07, 6.45) is 0.698. The lowest BCUT2D eigenvalue weighted by Crippen LogP contribution is -2.35. The van der Waals surface area contributed by atoms with E-state index in [1.807, 2.05) is 25.1 Å². The van der Waals surface area contributed by atoms with E-state index in [9.17, 15) is 8.42 Å². The van der Waals surface area contributed by atoms with Crippen molar-refractivity contribution in [3.63, 3.8) is 0 Å². The van der Waals surface area contributed by atoms with Crippen molar-refractivity contribution in [2.75, 3.05) is 10.0 Å². The Hall–Kier alpha value is -1.67. The molecule has 1 unspecified atom stereocenters. The molecule has 2 heterocycles. The first-order valence-corrected chi connectivity index (χ1v) is 7.97. The van der Waals surface area contributed by atoms with Crippen LogP contribution in [-0.2, 0) is 16.4 Å². The van der Waals surface area contributed by atoms with Crippen LogP contribution in [0.5, 0.6) is 0 Å². The van der Waals surface area contributed by atoms with Gasteiger partial charge in [-0.25, -0.2) is 0 Å². The van der Waals surface area contributed by atoms with Crippen molar-refractivity contribution in [2.45, 2.75) is 23.7 Å². The number of sulfonamides is 1. The van der Waals surface area contributed by atoms with Crippen molar-refractivity contribution in [1.82, 2.24) is 10.2 Å². The third-order valence-electron chi connectivity index (χ3n) is 3.05. The molecule has 0 spiro atoms. The largest absolute Gasteiger partial charge is 0.374 e. The number of hydrogen-bond donors (Lipinski definition) is 1. The Kier molecular flexibility index (Phi) is 2.72. The summed E-state index contributed by atoms with van der Waals surface area (Å²) >= 11 is 0.884. The molecule has 3 rings (SSSR count). The zero-order chi connectivity index (χ0) is 13.6. The molecule has 0 radical (unpaired) electrons. The van der Waals surface area contributed by atoms with Crippen molar-refractivity contribution in [3.05, 3.63) is 29.8 Å². The van der Waals surface area contributed by atoms with E-state index >= 15 is 0 Å². The lowest BCUT2D eigenvalue weighted by atomic mass is 10.1. The summed E-state index contributed by atoms with van der Waals surface area (Å²) in [6, 6.07) is 7.35. The number of anilines is 2. The van der Waals surface area contributed by atoms with Crippen molar-refractivity contribution in [2.24, 2.45) is 0 Å². The minimum Gasteiger partial charge on any atom is -0.374 e. The predicted molar refractivity (Wildman–Crippen MR) is 73.6 cm³/mol. The lowest BCUT2D eigenvalue weighted by Gasteiger charge is -2.22. The summed E-state index contributed by atoms with van der Waals surface area (Å²) in [6.45, 7) is 1.88. The Bertz CT molecular complexity index is 726. The van der Waals surface area contributed by atoms with E-state index in [2.05, 4.69) is 10.2 Å². The maximum atomic E-state index is 12.6. The van der Waals surface area contributed by atoms with Gasteiger partial charge in [0.15, 0.2) is 0 Å². The molecule has 19 heavy (non-hydrogen) atoms. The maximum absolute atomic E-state index is 12.6. The second-order valence-electron chi connectivity index (χ2n) is 4.39. The first-order valence-electron chi connectivity index (χ1n) is 5.71. The number of nitrogen functional groups attached to an aromatic ring is 1. The van der Waals surface area contributed by atoms with E-state index in [4.69, 9.17) is 5.73 Å². The molecule has 0 saturated heterocycles. The molecule has 6 nitrogen and oxygen atoms in total. The number of nitrogens with two attached hydrogens (primary N) is 1. The highest BCUT2D eigenvalue weighted by Gasteiger charge is 2.37. The highest BCUT2D eigenvalue weighted by Crippen LogP contribution is 2.37. The van der Waals surface area contributed by atoms with Crippen LogP contribution in [0.1, 0.15) is 12.5 Å². The van der Waals surface area contributed by atoms with Gasteiger partial charge in [-0.15, -0.1) is 10.2 Å². The van der Waals surface area contributed by atoms with Crippen LogP contribution < -0.4 is 10.0 Å². The van der Waals surface area contributed by atoms with E-state index in [1.165, 1.54) is 4.31 Å². The van der Waals surface area contributed by atoms with Crippen molar-refractivity contribution in [1.29, 1.82) is 0 Å². The number of fused-ring (bicyclic) bond motifs is 1. The van der Waals surface area contributed by atoms with Gasteiger partial charge in [0, 0.05) is 6.04 Å². The van der Waals surface area contributed by atoms with Gasteiger partial charge in [0.1, 0.15) is 0 Å². The Balaban J connectivity index is 2.12. The molecule has 1 atom stereocenters. The summed E-state index contributed by atoms with van der Waals surface area (Å²) in [7, 11) is -3.68. The quantitative estimate of drug-likeness (QED) is 0.901. The molecule has 2 aromatic rings. The number of aromatic nitrogens is 2. The fourth-order valence-electron chi connectivity index (χ4n) is 2.31. The molecule has 2 N–H and O–H groups in total. The molecular weight excluding hydrogens is 284 g/mol. The second kappa shape index (κ2) is 4.17. The summed E-state index contributed by atoms with van der Waals surface area (Å²) in [4.78, 5) is 0. The molecular formula is C11H12N4O2S2. The zero-order valence-corrected chi connectivity index (χ0v) is 11.8. The van der Waals surface area contributed by atoms with Crippen LogP contribution in [0, 0.1) is 0 Å². The molecule has 100 valence electrons. The number of para-hydroxylation sites is 1.